The fourth-order valence-electron chi connectivity index (χ4n) is 1.51. The summed E-state index contributed by atoms with van der Waals surface area (Å²) in [6.07, 6.45) is 4.27. The molecule has 0 aliphatic rings. The van der Waals surface area contributed by atoms with E-state index in [0.717, 1.165) is 5.56 Å². The summed E-state index contributed by atoms with van der Waals surface area (Å²) >= 11 is 0. The van der Waals surface area contributed by atoms with Gasteiger partial charge in [0.1, 0.15) is 0 Å². The van der Waals surface area contributed by atoms with Crippen LogP contribution in [0, 0.1) is 0 Å². The van der Waals surface area contributed by atoms with Crippen molar-refractivity contribution in [3.05, 3.63) is 41.8 Å². The molecular formula is C12H16N4O2. The van der Waals surface area contributed by atoms with Crippen molar-refractivity contribution < 1.29 is 9.63 Å². The van der Waals surface area contributed by atoms with Gasteiger partial charge in [0.15, 0.2) is 5.82 Å². The molecule has 6 heteroatoms. The Morgan fingerprint density at radius 1 is 1.39 bits per heavy atom. The Morgan fingerprint density at radius 2 is 2.11 bits per heavy atom. The van der Waals surface area contributed by atoms with Crippen molar-refractivity contribution in [1.82, 2.24) is 15.1 Å². The van der Waals surface area contributed by atoms with E-state index in [-0.39, 0.29) is 13.0 Å². The number of hydrogen-bond donors (Lipinski definition) is 2. The SMILES string of the molecule is CC(O)(CN)Cc1nc(Cc2ccncc2)no1. The number of aromatic nitrogens is 3. The summed E-state index contributed by atoms with van der Waals surface area (Å²) in [5.74, 6) is 0.985. The number of aliphatic hydroxyl groups is 1. The highest BCUT2D eigenvalue weighted by Crippen LogP contribution is 2.11. The third-order valence-electron chi connectivity index (χ3n) is 2.59. The predicted octanol–water partition coefficient (Wildman–Crippen LogP) is 0.308. The van der Waals surface area contributed by atoms with Crippen molar-refractivity contribution >= 4 is 0 Å². The Morgan fingerprint density at radius 3 is 2.78 bits per heavy atom. The molecule has 96 valence electrons. The lowest BCUT2D eigenvalue weighted by Gasteiger charge is -2.17. The summed E-state index contributed by atoms with van der Waals surface area (Å²) in [7, 11) is 0. The number of pyridine rings is 1. The molecule has 2 aromatic rings. The first-order chi connectivity index (χ1) is 8.59. The first-order valence-electron chi connectivity index (χ1n) is 5.72. The lowest BCUT2D eigenvalue weighted by molar-refractivity contribution is 0.0610. The average Bonchev–Trinajstić information content (AvgIpc) is 2.77. The molecule has 3 N–H and O–H groups in total. The largest absolute Gasteiger partial charge is 0.388 e. The van der Waals surface area contributed by atoms with E-state index in [2.05, 4.69) is 15.1 Å². The molecular weight excluding hydrogens is 232 g/mol. The number of nitrogens with zero attached hydrogens (tertiary/aromatic N) is 3. The van der Waals surface area contributed by atoms with E-state index < -0.39 is 5.60 Å². The molecule has 0 radical (unpaired) electrons. The lowest BCUT2D eigenvalue weighted by atomic mass is 10.0. The van der Waals surface area contributed by atoms with Crippen LogP contribution in [0.3, 0.4) is 0 Å². The van der Waals surface area contributed by atoms with Gasteiger partial charge in [0, 0.05) is 25.4 Å². The third kappa shape index (κ3) is 3.35. The zero-order valence-electron chi connectivity index (χ0n) is 10.2. The monoisotopic (exact) mass is 248 g/mol. The molecule has 0 fully saturated rings. The van der Waals surface area contributed by atoms with E-state index in [0.29, 0.717) is 18.1 Å². The zero-order valence-corrected chi connectivity index (χ0v) is 10.2. The number of nitrogens with two attached hydrogens (primary N) is 1. The predicted molar refractivity (Wildman–Crippen MR) is 64.7 cm³/mol. The van der Waals surface area contributed by atoms with Crippen molar-refractivity contribution in [2.24, 2.45) is 5.73 Å². The Hall–Kier alpha value is -1.79. The number of rotatable bonds is 5. The molecule has 0 aliphatic carbocycles. The van der Waals surface area contributed by atoms with Gasteiger partial charge in [-0.2, -0.15) is 4.98 Å². The van der Waals surface area contributed by atoms with Crippen LogP contribution in [0.5, 0.6) is 0 Å². The summed E-state index contributed by atoms with van der Waals surface area (Å²) in [6, 6.07) is 3.79. The van der Waals surface area contributed by atoms with Crippen LogP contribution < -0.4 is 5.73 Å². The van der Waals surface area contributed by atoms with Crippen molar-refractivity contribution in [3.63, 3.8) is 0 Å². The second-order valence-corrected chi connectivity index (χ2v) is 4.51. The average molecular weight is 248 g/mol. The Balaban J connectivity index is 2.03. The van der Waals surface area contributed by atoms with Crippen LogP contribution in [0.4, 0.5) is 0 Å². The van der Waals surface area contributed by atoms with Crippen LogP contribution in [-0.4, -0.2) is 32.4 Å². The van der Waals surface area contributed by atoms with Crippen LogP contribution in [0.2, 0.25) is 0 Å². The smallest absolute Gasteiger partial charge is 0.229 e. The van der Waals surface area contributed by atoms with Gasteiger partial charge in [-0.05, 0) is 24.6 Å². The highest BCUT2D eigenvalue weighted by molar-refractivity contribution is 5.14. The summed E-state index contributed by atoms with van der Waals surface area (Å²) in [5.41, 5.74) is 5.48. The third-order valence-corrected chi connectivity index (χ3v) is 2.59. The molecule has 2 aromatic heterocycles. The lowest BCUT2D eigenvalue weighted by Crippen LogP contribution is -2.36. The van der Waals surface area contributed by atoms with Gasteiger partial charge < -0.3 is 15.4 Å². The molecule has 0 saturated heterocycles. The van der Waals surface area contributed by atoms with E-state index in [1.54, 1.807) is 19.3 Å². The van der Waals surface area contributed by atoms with Gasteiger partial charge in [0.25, 0.3) is 0 Å². The Labute approximate surface area is 105 Å². The maximum atomic E-state index is 9.81. The van der Waals surface area contributed by atoms with Gasteiger partial charge in [0.05, 0.1) is 12.0 Å². The van der Waals surface area contributed by atoms with Crippen molar-refractivity contribution in [2.75, 3.05) is 6.54 Å². The molecule has 6 nitrogen and oxygen atoms in total. The van der Waals surface area contributed by atoms with Crippen LogP contribution >= 0.6 is 0 Å². The number of hydrogen-bond acceptors (Lipinski definition) is 6. The minimum Gasteiger partial charge on any atom is -0.388 e. The van der Waals surface area contributed by atoms with Crippen LogP contribution in [0.25, 0.3) is 0 Å². The van der Waals surface area contributed by atoms with Crippen LogP contribution in [0.1, 0.15) is 24.2 Å². The van der Waals surface area contributed by atoms with Crippen molar-refractivity contribution in [2.45, 2.75) is 25.4 Å². The van der Waals surface area contributed by atoms with Gasteiger partial charge in [-0.25, -0.2) is 0 Å². The van der Waals surface area contributed by atoms with Gasteiger partial charge in [-0.1, -0.05) is 5.16 Å². The van der Waals surface area contributed by atoms with E-state index in [9.17, 15) is 5.11 Å². The molecule has 18 heavy (non-hydrogen) atoms. The fourth-order valence-corrected chi connectivity index (χ4v) is 1.51. The molecule has 1 atom stereocenters. The van der Waals surface area contributed by atoms with Crippen molar-refractivity contribution in [1.29, 1.82) is 0 Å². The molecule has 0 aromatic carbocycles. The van der Waals surface area contributed by atoms with Crippen LogP contribution in [-0.2, 0) is 12.8 Å². The van der Waals surface area contributed by atoms with E-state index >= 15 is 0 Å². The topological polar surface area (TPSA) is 98.1 Å². The molecule has 0 bridgehead atoms. The maximum Gasteiger partial charge on any atom is 0.229 e. The first-order valence-corrected chi connectivity index (χ1v) is 5.72. The van der Waals surface area contributed by atoms with Crippen LogP contribution in [0.15, 0.2) is 29.0 Å². The fraction of sp³-hybridized carbons (Fsp3) is 0.417. The molecule has 0 aliphatic heterocycles. The van der Waals surface area contributed by atoms with Gasteiger partial charge in [-0.15, -0.1) is 0 Å². The summed E-state index contributed by atoms with van der Waals surface area (Å²) in [4.78, 5) is 8.17. The molecule has 2 rings (SSSR count). The molecule has 0 saturated carbocycles. The van der Waals surface area contributed by atoms with Gasteiger partial charge >= 0.3 is 0 Å². The first kappa shape index (κ1) is 12.7. The normalized spacial score (nSPS) is 14.4. The van der Waals surface area contributed by atoms with E-state index in [1.165, 1.54) is 0 Å². The molecule has 0 spiro atoms. The second kappa shape index (κ2) is 5.24. The zero-order chi connectivity index (χ0) is 13.0. The minimum absolute atomic E-state index is 0.148. The minimum atomic E-state index is -1.01. The Bertz CT molecular complexity index is 496. The molecule has 1 unspecified atom stereocenters. The maximum absolute atomic E-state index is 9.81. The van der Waals surface area contributed by atoms with Gasteiger partial charge in [-0.3, -0.25) is 4.98 Å². The van der Waals surface area contributed by atoms with E-state index in [1.807, 2.05) is 12.1 Å². The second-order valence-electron chi connectivity index (χ2n) is 4.51. The molecule has 2 heterocycles. The standard InChI is InChI=1S/C12H16N4O2/c1-12(17,8-13)7-11-15-10(16-18-11)6-9-2-4-14-5-3-9/h2-5,17H,6-8,13H2,1H3. The molecule has 0 amide bonds. The summed E-state index contributed by atoms with van der Waals surface area (Å²) < 4.78 is 5.08. The summed E-state index contributed by atoms with van der Waals surface area (Å²) in [6.45, 7) is 1.79. The quantitative estimate of drug-likeness (QED) is 0.790. The summed E-state index contributed by atoms with van der Waals surface area (Å²) in [5, 5.41) is 13.7. The van der Waals surface area contributed by atoms with Crippen molar-refractivity contribution in [3.8, 4) is 0 Å². The van der Waals surface area contributed by atoms with Gasteiger partial charge in [0.2, 0.25) is 5.89 Å². The Kier molecular flexibility index (Phi) is 3.69. The highest BCUT2D eigenvalue weighted by atomic mass is 16.5. The highest BCUT2D eigenvalue weighted by Gasteiger charge is 2.22. The van der Waals surface area contributed by atoms with E-state index in [4.69, 9.17) is 10.3 Å².